The Balaban J connectivity index is 1.72. The Morgan fingerprint density at radius 2 is 1.67 bits per heavy atom. The molecule has 166 valence electrons. The van der Waals surface area contributed by atoms with E-state index < -0.39 is 17.8 Å². The van der Waals surface area contributed by atoms with Crippen molar-refractivity contribution in [3.8, 4) is 11.5 Å². The molecule has 1 saturated heterocycles. The number of urea groups is 1. The van der Waals surface area contributed by atoms with Gasteiger partial charge in [-0.25, -0.2) is 9.69 Å². The molecule has 3 aromatic rings. The molecule has 0 radical (unpaired) electrons. The summed E-state index contributed by atoms with van der Waals surface area (Å²) in [5, 5.41) is 12.1. The first-order valence-corrected chi connectivity index (χ1v) is 10.5. The molecular formula is C24H16Cl2N2O5. The van der Waals surface area contributed by atoms with E-state index in [0.717, 1.165) is 10.5 Å². The van der Waals surface area contributed by atoms with Crippen LogP contribution in [-0.2, 0) is 16.2 Å². The van der Waals surface area contributed by atoms with Crippen LogP contribution in [-0.4, -0.2) is 23.0 Å². The number of anilines is 1. The van der Waals surface area contributed by atoms with Crippen LogP contribution in [0.4, 0.5) is 10.5 Å². The number of barbiturate groups is 1. The second-order valence-electron chi connectivity index (χ2n) is 7.05. The number of phenols is 1. The first-order valence-electron chi connectivity index (χ1n) is 9.70. The smallest absolute Gasteiger partial charge is 0.335 e. The quantitative estimate of drug-likeness (QED) is 0.396. The van der Waals surface area contributed by atoms with Gasteiger partial charge in [-0.2, -0.15) is 0 Å². The zero-order valence-corrected chi connectivity index (χ0v) is 18.4. The molecule has 4 amide bonds. The van der Waals surface area contributed by atoms with Gasteiger partial charge in [-0.05, 0) is 48.0 Å². The highest BCUT2D eigenvalue weighted by molar-refractivity contribution is 6.40. The molecule has 0 unspecified atom stereocenters. The summed E-state index contributed by atoms with van der Waals surface area (Å²) in [6.45, 7) is 0.191. The summed E-state index contributed by atoms with van der Waals surface area (Å²) in [6.07, 6.45) is 1.27. The SMILES string of the molecule is O=C1NC(=O)N(c2ccc(O)cc2)C(=O)/C1=C/c1cc(Cl)cc(Cl)c1OCc1ccccc1. The van der Waals surface area contributed by atoms with Crippen LogP contribution in [0.2, 0.25) is 10.0 Å². The first kappa shape index (κ1) is 22.4. The summed E-state index contributed by atoms with van der Waals surface area (Å²) in [7, 11) is 0. The fourth-order valence-corrected chi connectivity index (χ4v) is 3.78. The summed E-state index contributed by atoms with van der Waals surface area (Å²) in [4.78, 5) is 38.8. The number of rotatable bonds is 5. The lowest BCUT2D eigenvalue weighted by molar-refractivity contribution is -0.122. The third kappa shape index (κ3) is 4.84. The number of halogens is 2. The molecule has 1 heterocycles. The fourth-order valence-electron chi connectivity index (χ4n) is 3.22. The lowest BCUT2D eigenvalue weighted by Crippen LogP contribution is -2.54. The topological polar surface area (TPSA) is 95.9 Å². The number of phenolic OH excluding ortho intramolecular Hbond substituents is 1. The predicted octanol–water partition coefficient (Wildman–Crippen LogP) is 4.94. The molecular weight excluding hydrogens is 467 g/mol. The number of ether oxygens (including phenoxy) is 1. The average Bonchev–Trinajstić information content (AvgIpc) is 2.78. The van der Waals surface area contributed by atoms with Crippen LogP contribution in [0.25, 0.3) is 6.08 Å². The van der Waals surface area contributed by atoms with Crippen molar-refractivity contribution in [2.24, 2.45) is 0 Å². The number of nitrogens with one attached hydrogen (secondary N) is 1. The number of imide groups is 2. The van der Waals surface area contributed by atoms with E-state index in [1.165, 1.54) is 42.5 Å². The Bertz CT molecular complexity index is 1270. The van der Waals surface area contributed by atoms with Crippen LogP contribution in [0.3, 0.4) is 0 Å². The molecule has 4 rings (SSSR count). The zero-order chi connectivity index (χ0) is 23.5. The summed E-state index contributed by atoms with van der Waals surface area (Å²) >= 11 is 12.5. The highest BCUT2D eigenvalue weighted by Crippen LogP contribution is 2.35. The summed E-state index contributed by atoms with van der Waals surface area (Å²) in [6, 6.07) is 16.8. The van der Waals surface area contributed by atoms with Crippen LogP contribution >= 0.6 is 23.2 Å². The largest absolute Gasteiger partial charge is 0.508 e. The Morgan fingerprint density at radius 1 is 0.970 bits per heavy atom. The van der Waals surface area contributed by atoms with Crippen LogP contribution in [0.1, 0.15) is 11.1 Å². The van der Waals surface area contributed by atoms with E-state index in [1.54, 1.807) is 0 Å². The Kier molecular flexibility index (Phi) is 6.35. The van der Waals surface area contributed by atoms with Gasteiger partial charge in [0.1, 0.15) is 23.7 Å². The van der Waals surface area contributed by atoms with Crippen molar-refractivity contribution >= 4 is 52.8 Å². The van der Waals surface area contributed by atoms with E-state index in [0.29, 0.717) is 5.56 Å². The second kappa shape index (κ2) is 9.36. The van der Waals surface area contributed by atoms with Gasteiger partial charge in [0.15, 0.2) is 0 Å². The van der Waals surface area contributed by atoms with Gasteiger partial charge in [0, 0.05) is 10.6 Å². The van der Waals surface area contributed by atoms with Gasteiger partial charge in [0.05, 0.1) is 10.7 Å². The molecule has 0 saturated carbocycles. The van der Waals surface area contributed by atoms with E-state index in [4.69, 9.17) is 27.9 Å². The minimum absolute atomic E-state index is 0.0377. The van der Waals surface area contributed by atoms with Crippen LogP contribution in [0.5, 0.6) is 11.5 Å². The van der Waals surface area contributed by atoms with Crippen molar-refractivity contribution in [1.29, 1.82) is 0 Å². The molecule has 7 nitrogen and oxygen atoms in total. The Morgan fingerprint density at radius 3 is 2.36 bits per heavy atom. The molecule has 0 aliphatic carbocycles. The third-order valence-electron chi connectivity index (χ3n) is 4.77. The van der Waals surface area contributed by atoms with Gasteiger partial charge in [-0.3, -0.25) is 14.9 Å². The standard InChI is InChI=1S/C24H16Cl2N2O5/c25-16-10-15(21(20(26)12-16)33-13-14-4-2-1-3-5-14)11-19-22(30)27-24(32)28(23(19)31)17-6-8-18(29)9-7-17/h1-12,29H,13H2,(H,27,30,32)/b19-11+. The fraction of sp³-hybridized carbons (Fsp3) is 0.0417. The zero-order valence-electron chi connectivity index (χ0n) is 16.9. The predicted molar refractivity (Wildman–Crippen MR) is 124 cm³/mol. The van der Waals surface area contributed by atoms with E-state index in [-0.39, 0.29) is 39.4 Å². The van der Waals surface area contributed by atoms with E-state index in [9.17, 15) is 19.5 Å². The van der Waals surface area contributed by atoms with Gasteiger partial charge in [0.25, 0.3) is 11.8 Å². The molecule has 3 aromatic carbocycles. The molecule has 0 aromatic heterocycles. The Hall–Kier alpha value is -3.81. The number of benzene rings is 3. The highest BCUT2D eigenvalue weighted by Gasteiger charge is 2.37. The first-order chi connectivity index (χ1) is 15.8. The van der Waals surface area contributed by atoms with Crippen molar-refractivity contribution in [3.63, 3.8) is 0 Å². The molecule has 1 aliphatic heterocycles. The molecule has 1 fully saturated rings. The number of amides is 4. The lowest BCUT2D eigenvalue weighted by Gasteiger charge is -2.26. The van der Waals surface area contributed by atoms with Crippen molar-refractivity contribution in [3.05, 3.63) is 93.5 Å². The van der Waals surface area contributed by atoms with E-state index in [2.05, 4.69) is 5.32 Å². The number of aromatic hydroxyl groups is 1. The molecule has 33 heavy (non-hydrogen) atoms. The van der Waals surface area contributed by atoms with E-state index >= 15 is 0 Å². The van der Waals surface area contributed by atoms with Crippen molar-refractivity contribution < 1.29 is 24.2 Å². The lowest BCUT2D eigenvalue weighted by atomic mass is 10.1. The monoisotopic (exact) mass is 482 g/mol. The van der Waals surface area contributed by atoms with Crippen molar-refractivity contribution in [1.82, 2.24) is 5.32 Å². The minimum Gasteiger partial charge on any atom is -0.508 e. The number of carbonyl (C=O) groups is 3. The van der Waals surface area contributed by atoms with Gasteiger partial charge >= 0.3 is 6.03 Å². The summed E-state index contributed by atoms with van der Waals surface area (Å²) in [5.74, 6) is -1.53. The maximum absolute atomic E-state index is 13.1. The number of hydrogen-bond donors (Lipinski definition) is 2. The molecule has 1 aliphatic rings. The minimum atomic E-state index is -0.905. The van der Waals surface area contributed by atoms with Crippen molar-refractivity contribution in [2.75, 3.05) is 4.90 Å². The summed E-state index contributed by atoms with van der Waals surface area (Å²) < 4.78 is 5.88. The maximum Gasteiger partial charge on any atom is 0.335 e. The molecule has 2 N–H and O–H groups in total. The summed E-state index contributed by atoms with van der Waals surface area (Å²) in [5.41, 5.74) is 1.04. The molecule has 9 heteroatoms. The number of hydrogen-bond acceptors (Lipinski definition) is 5. The third-order valence-corrected chi connectivity index (χ3v) is 5.27. The molecule has 0 spiro atoms. The Labute approximate surface area is 198 Å². The van der Waals surface area contributed by atoms with Crippen LogP contribution in [0, 0.1) is 0 Å². The van der Waals surface area contributed by atoms with Crippen molar-refractivity contribution in [2.45, 2.75) is 6.61 Å². The average molecular weight is 483 g/mol. The number of carbonyl (C=O) groups excluding carboxylic acids is 3. The van der Waals surface area contributed by atoms with Gasteiger partial charge < -0.3 is 9.84 Å². The second-order valence-corrected chi connectivity index (χ2v) is 7.90. The normalized spacial score (nSPS) is 15.0. The van der Waals surface area contributed by atoms with Gasteiger partial charge in [0.2, 0.25) is 0 Å². The van der Waals surface area contributed by atoms with Crippen LogP contribution in [0.15, 0.2) is 72.3 Å². The van der Waals surface area contributed by atoms with Gasteiger partial charge in [-0.1, -0.05) is 53.5 Å². The highest BCUT2D eigenvalue weighted by atomic mass is 35.5. The molecule has 0 bridgehead atoms. The van der Waals surface area contributed by atoms with Gasteiger partial charge in [-0.15, -0.1) is 0 Å². The van der Waals surface area contributed by atoms with E-state index in [1.807, 2.05) is 30.3 Å². The maximum atomic E-state index is 13.1. The molecule has 0 atom stereocenters. The number of nitrogens with zero attached hydrogens (tertiary/aromatic N) is 1. The van der Waals surface area contributed by atoms with Crippen LogP contribution < -0.4 is 15.0 Å².